The summed E-state index contributed by atoms with van der Waals surface area (Å²) in [4.78, 5) is 0. The molecule has 0 aromatic heterocycles. The van der Waals surface area contributed by atoms with Crippen molar-refractivity contribution in [3.8, 4) is 0 Å². The molecule has 1 saturated heterocycles. The summed E-state index contributed by atoms with van der Waals surface area (Å²) in [5.74, 6) is 3.17. The van der Waals surface area contributed by atoms with Gasteiger partial charge in [-0.1, -0.05) is 32.4 Å². The first kappa shape index (κ1) is 21.5. The van der Waals surface area contributed by atoms with Crippen molar-refractivity contribution >= 4 is 0 Å². The van der Waals surface area contributed by atoms with Gasteiger partial charge in [-0.2, -0.15) is 0 Å². The van der Waals surface area contributed by atoms with Crippen LogP contribution >= 0.6 is 0 Å². The van der Waals surface area contributed by atoms with E-state index in [1.165, 1.54) is 44.1 Å². The van der Waals surface area contributed by atoms with Gasteiger partial charge >= 0.3 is 0 Å². The smallest absolute Gasteiger partial charge is 0.0892 e. The summed E-state index contributed by atoms with van der Waals surface area (Å²) in [6.07, 6.45) is 12.6. The lowest BCUT2D eigenvalue weighted by molar-refractivity contribution is -0.0971. The number of aliphatic hydroxyl groups is 2. The number of hydrogen-bond donors (Lipinski definition) is 2. The second-order valence-corrected chi connectivity index (χ2v) is 12.8. The molecule has 0 aromatic carbocycles. The van der Waals surface area contributed by atoms with E-state index in [9.17, 15) is 10.2 Å². The van der Waals surface area contributed by atoms with Gasteiger partial charge in [0.05, 0.1) is 23.9 Å². The summed E-state index contributed by atoms with van der Waals surface area (Å²) in [6, 6.07) is 0. The molecule has 1 aliphatic heterocycles. The van der Waals surface area contributed by atoms with E-state index in [1.54, 1.807) is 0 Å². The summed E-state index contributed by atoms with van der Waals surface area (Å²) in [6.45, 7) is 11.9. The Morgan fingerprint density at radius 1 is 1.03 bits per heavy atom. The van der Waals surface area contributed by atoms with Gasteiger partial charge in [0.1, 0.15) is 0 Å². The third-order valence-electron chi connectivity index (χ3n) is 10.9. The van der Waals surface area contributed by atoms with Gasteiger partial charge < -0.3 is 14.9 Å². The Balaban J connectivity index is 1.34. The number of ether oxygens (including phenoxy) is 1. The van der Waals surface area contributed by atoms with Gasteiger partial charge in [-0.15, -0.1) is 0 Å². The molecule has 2 N–H and O–H groups in total. The summed E-state index contributed by atoms with van der Waals surface area (Å²) in [7, 11) is 0. The standard InChI is InChI=1S/C27H44O3/c1-16(6-9-23-25(2,3)30-23)19-7-8-20-24-21(11-13-27(19,20)5)26(4)12-10-18(28)14-17(26)15-22(24)29/h15-16,18-24,28-29H,6-14H2,1-5H3/t16-,18+,19-,20+,21+,22-,23?,24+,26+,27-/m1/s1. The molecule has 0 radical (unpaired) electrons. The first-order valence-corrected chi connectivity index (χ1v) is 12.8. The van der Waals surface area contributed by atoms with Gasteiger partial charge in [0, 0.05) is 0 Å². The van der Waals surface area contributed by atoms with Crippen LogP contribution < -0.4 is 0 Å². The van der Waals surface area contributed by atoms with Crippen LogP contribution in [-0.4, -0.2) is 34.1 Å². The average molecular weight is 417 g/mol. The molecule has 4 aliphatic carbocycles. The summed E-state index contributed by atoms with van der Waals surface area (Å²) >= 11 is 0. The zero-order chi connectivity index (χ0) is 21.5. The highest BCUT2D eigenvalue weighted by atomic mass is 16.6. The Morgan fingerprint density at radius 3 is 2.47 bits per heavy atom. The lowest BCUT2D eigenvalue weighted by atomic mass is 9.46. The lowest BCUT2D eigenvalue weighted by Gasteiger charge is -2.59. The Kier molecular flexibility index (Phi) is 5.05. The quantitative estimate of drug-likeness (QED) is 0.470. The van der Waals surface area contributed by atoms with Gasteiger partial charge in [0.15, 0.2) is 0 Å². The molecule has 5 rings (SSSR count). The molecule has 10 atom stereocenters. The fourth-order valence-electron chi connectivity index (χ4n) is 8.96. The minimum Gasteiger partial charge on any atom is -0.393 e. The first-order valence-electron chi connectivity index (χ1n) is 12.8. The van der Waals surface area contributed by atoms with Crippen LogP contribution in [0.4, 0.5) is 0 Å². The molecule has 3 nitrogen and oxygen atoms in total. The van der Waals surface area contributed by atoms with E-state index in [-0.39, 0.29) is 23.2 Å². The van der Waals surface area contributed by atoms with E-state index in [0.717, 1.165) is 31.1 Å². The average Bonchev–Trinajstić information content (AvgIpc) is 3.13. The maximum Gasteiger partial charge on any atom is 0.0892 e. The molecule has 1 unspecified atom stereocenters. The molecule has 4 fully saturated rings. The van der Waals surface area contributed by atoms with Crippen LogP contribution in [0.25, 0.3) is 0 Å². The largest absolute Gasteiger partial charge is 0.393 e. The third-order valence-corrected chi connectivity index (χ3v) is 10.9. The van der Waals surface area contributed by atoms with Crippen LogP contribution in [0.1, 0.15) is 92.4 Å². The van der Waals surface area contributed by atoms with Gasteiger partial charge in [0.2, 0.25) is 0 Å². The maximum absolute atomic E-state index is 11.3. The molecular formula is C27H44O3. The number of epoxide rings is 1. The maximum atomic E-state index is 11.3. The Morgan fingerprint density at radius 2 is 1.77 bits per heavy atom. The SMILES string of the molecule is C[C@H](CCC1OC1(C)C)[C@H]1CC[C@H]2[C@@H]3[C@H](O)C=C4C[C@@H](O)CC[C@]4(C)[C@H]3CC[C@]12C. The van der Waals surface area contributed by atoms with Crippen molar-refractivity contribution < 1.29 is 14.9 Å². The van der Waals surface area contributed by atoms with Crippen molar-refractivity contribution in [2.75, 3.05) is 0 Å². The normalized spacial score (nSPS) is 52.6. The van der Waals surface area contributed by atoms with Gasteiger partial charge in [0.25, 0.3) is 0 Å². The van der Waals surface area contributed by atoms with Crippen LogP contribution in [0.2, 0.25) is 0 Å². The number of rotatable bonds is 4. The molecule has 0 amide bonds. The summed E-state index contributed by atoms with van der Waals surface area (Å²) < 4.78 is 5.85. The molecule has 0 aromatic rings. The van der Waals surface area contributed by atoms with Gasteiger partial charge in [-0.05, 0) is 112 Å². The Hall–Kier alpha value is -0.380. The third kappa shape index (κ3) is 3.17. The van der Waals surface area contributed by atoms with E-state index >= 15 is 0 Å². The van der Waals surface area contributed by atoms with E-state index < -0.39 is 0 Å². The number of fused-ring (bicyclic) bond motifs is 5. The van der Waals surface area contributed by atoms with Crippen molar-refractivity contribution in [3.63, 3.8) is 0 Å². The minimum absolute atomic E-state index is 0.110. The highest BCUT2D eigenvalue weighted by Crippen LogP contribution is 2.67. The topological polar surface area (TPSA) is 53.0 Å². The zero-order valence-electron chi connectivity index (χ0n) is 19.9. The van der Waals surface area contributed by atoms with Crippen LogP contribution in [0.15, 0.2) is 11.6 Å². The Labute approximate surface area is 183 Å². The molecule has 3 heteroatoms. The number of aliphatic hydroxyl groups excluding tert-OH is 2. The van der Waals surface area contributed by atoms with Crippen molar-refractivity contribution in [2.24, 2.45) is 40.4 Å². The molecule has 1 heterocycles. The minimum atomic E-state index is -0.317. The van der Waals surface area contributed by atoms with Crippen LogP contribution in [0.3, 0.4) is 0 Å². The van der Waals surface area contributed by atoms with Gasteiger partial charge in [-0.25, -0.2) is 0 Å². The van der Waals surface area contributed by atoms with Crippen LogP contribution in [0.5, 0.6) is 0 Å². The second kappa shape index (κ2) is 7.06. The van der Waals surface area contributed by atoms with Crippen molar-refractivity contribution in [3.05, 3.63) is 11.6 Å². The molecule has 3 saturated carbocycles. The highest BCUT2D eigenvalue weighted by Gasteiger charge is 2.61. The zero-order valence-corrected chi connectivity index (χ0v) is 19.9. The molecule has 5 aliphatic rings. The predicted octanol–water partition coefficient (Wildman–Crippen LogP) is 5.49. The van der Waals surface area contributed by atoms with E-state index in [2.05, 4.69) is 40.7 Å². The van der Waals surface area contributed by atoms with Gasteiger partial charge in [-0.3, -0.25) is 0 Å². The van der Waals surface area contributed by atoms with Crippen molar-refractivity contribution in [1.82, 2.24) is 0 Å². The second-order valence-electron chi connectivity index (χ2n) is 12.8. The molecule has 170 valence electrons. The van der Waals surface area contributed by atoms with E-state index in [1.807, 2.05) is 0 Å². The van der Waals surface area contributed by atoms with Crippen molar-refractivity contribution in [1.29, 1.82) is 0 Å². The predicted molar refractivity (Wildman–Crippen MR) is 120 cm³/mol. The fourth-order valence-corrected chi connectivity index (χ4v) is 8.96. The van der Waals surface area contributed by atoms with E-state index in [0.29, 0.717) is 29.3 Å². The molecule has 0 spiro atoms. The van der Waals surface area contributed by atoms with Crippen LogP contribution in [0, 0.1) is 40.4 Å². The fraction of sp³-hybridized carbons (Fsp3) is 0.926. The molecule has 30 heavy (non-hydrogen) atoms. The molecule has 0 bridgehead atoms. The lowest BCUT2D eigenvalue weighted by Crippen LogP contribution is -2.54. The summed E-state index contributed by atoms with van der Waals surface area (Å²) in [5, 5.41) is 21.5. The van der Waals surface area contributed by atoms with Crippen LogP contribution in [-0.2, 0) is 4.74 Å². The highest BCUT2D eigenvalue weighted by molar-refractivity contribution is 5.27. The van der Waals surface area contributed by atoms with Crippen molar-refractivity contribution in [2.45, 2.75) is 116 Å². The van der Waals surface area contributed by atoms with E-state index in [4.69, 9.17) is 4.74 Å². The number of hydrogen-bond acceptors (Lipinski definition) is 3. The summed E-state index contributed by atoms with van der Waals surface area (Å²) in [5.41, 5.74) is 2.04. The first-order chi connectivity index (χ1) is 14.1. The Bertz CT molecular complexity index is 713. The molecular weight excluding hydrogens is 372 g/mol. The monoisotopic (exact) mass is 416 g/mol.